The summed E-state index contributed by atoms with van der Waals surface area (Å²) >= 11 is 6.01. The summed E-state index contributed by atoms with van der Waals surface area (Å²) in [6, 6.07) is 3.48. The molecule has 2 heterocycles. The minimum Gasteiger partial charge on any atom is -0.375 e. The van der Waals surface area contributed by atoms with Crippen molar-refractivity contribution >= 4 is 34.6 Å². The smallest absolute Gasteiger partial charge is 0.229 e. The van der Waals surface area contributed by atoms with E-state index in [1.807, 2.05) is 46.1 Å². The van der Waals surface area contributed by atoms with E-state index in [0.29, 0.717) is 28.9 Å². The topological polar surface area (TPSA) is 69.0 Å². The molecular formula is C17H25ClN4O2. The molecular weight excluding hydrogens is 328 g/mol. The second-order valence-electron chi connectivity index (χ2n) is 7.68. The number of anilines is 1. The molecule has 0 unspecified atom stereocenters. The molecule has 2 rings (SSSR count). The number of carbonyl (C=O) groups is 1. The summed E-state index contributed by atoms with van der Waals surface area (Å²) in [7, 11) is 0. The molecule has 0 aliphatic carbocycles. The Hall–Kier alpha value is -1.66. The number of ether oxygens (including phenoxy) is 1. The van der Waals surface area contributed by atoms with Crippen molar-refractivity contribution in [2.75, 3.05) is 11.9 Å². The molecule has 2 aromatic heterocycles. The van der Waals surface area contributed by atoms with E-state index in [1.165, 1.54) is 0 Å². The van der Waals surface area contributed by atoms with Crippen molar-refractivity contribution in [2.24, 2.45) is 0 Å². The Kier molecular flexibility index (Phi) is 5.20. The fourth-order valence-electron chi connectivity index (χ4n) is 2.29. The first kappa shape index (κ1) is 18.7. The highest BCUT2D eigenvalue weighted by Gasteiger charge is 2.24. The summed E-state index contributed by atoms with van der Waals surface area (Å²) in [6.45, 7) is 12.3. The second kappa shape index (κ2) is 6.69. The normalized spacial score (nSPS) is 12.6. The lowest BCUT2D eigenvalue weighted by Crippen LogP contribution is -2.27. The molecule has 0 aromatic carbocycles. The van der Waals surface area contributed by atoms with E-state index in [9.17, 15) is 4.79 Å². The monoisotopic (exact) mass is 352 g/mol. The summed E-state index contributed by atoms with van der Waals surface area (Å²) in [6.07, 6.45) is 0.263. The Bertz CT molecular complexity index is 741. The molecule has 0 aliphatic heterocycles. The molecule has 1 amide bonds. The number of imidazole rings is 1. The van der Waals surface area contributed by atoms with Crippen molar-refractivity contribution in [2.45, 2.75) is 59.1 Å². The van der Waals surface area contributed by atoms with Crippen molar-refractivity contribution in [3.05, 3.63) is 17.3 Å². The van der Waals surface area contributed by atoms with Crippen LogP contribution >= 0.6 is 11.6 Å². The number of halogens is 1. The van der Waals surface area contributed by atoms with Crippen LogP contribution in [0.2, 0.25) is 5.15 Å². The van der Waals surface area contributed by atoms with E-state index in [-0.39, 0.29) is 23.5 Å². The molecule has 6 nitrogen and oxygen atoms in total. The molecule has 0 saturated heterocycles. The van der Waals surface area contributed by atoms with Crippen molar-refractivity contribution < 1.29 is 9.53 Å². The van der Waals surface area contributed by atoms with Crippen LogP contribution in [0.25, 0.3) is 11.2 Å². The predicted octanol–water partition coefficient (Wildman–Crippen LogP) is 3.98. The van der Waals surface area contributed by atoms with Crippen molar-refractivity contribution in [3.8, 4) is 0 Å². The van der Waals surface area contributed by atoms with Crippen molar-refractivity contribution in [1.82, 2.24) is 14.5 Å². The zero-order valence-electron chi connectivity index (χ0n) is 15.1. The molecule has 2 aromatic rings. The first-order valence-electron chi connectivity index (χ1n) is 7.97. The standard InChI is InChI=1S/C17H25ClN4O2/c1-16(2,3)22-14-11(7-8-12(18)20-14)19-15(22)21-13(23)9-10-24-17(4,5)6/h7-8H,9-10H2,1-6H3,(H,19,21,23). The number of pyridine rings is 1. The third-order valence-corrected chi connectivity index (χ3v) is 3.47. The first-order chi connectivity index (χ1) is 11.0. The van der Waals surface area contributed by atoms with Gasteiger partial charge in [-0.05, 0) is 53.7 Å². The summed E-state index contributed by atoms with van der Waals surface area (Å²) in [5.74, 6) is 0.319. The predicted molar refractivity (Wildman–Crippen MR) is 96.5 cm³/mol. The van der Waals surface area contributed by atoms with Crippen LogP contribution in [-0.2, 0) is 15.1 Å². The fraction of sp³-hybridized carbons (Fsp3) is 0.588. The van der Waals surface area contributed by atoms with Gasteiger partial charge in [0.1, 0.15) is 10.7 Å². The maximum atomic E-state index is 12.2. The van der Waals surface area contributed by atoms with Crippen LogP contribution in [0, 0.1) is 0 Å². The number of hydrogen-bond donors (Lipinski definition) is 1. The lowest BCUT2D eigenvalue weighted by atomic mass is 10.1. The Balaban J connectivity index is 2.24. The molecule has 0 fully saturated rings. The molecule has 24 heavy (non-hydrogen) atoms. The molecule has 1 N–H and O–H groups in total. The van der Waals surface area contributed by atoms with E-state index in [1.54, 1.807) is 12.1 Å². The Morgan fingerprint density at radius 2 is 1.88 bits per heavy atom. The Morgan fingerprint density at radius 3 is 2.46 bits per heavy atom. The average molecular weight is 353 g/mol. The quantitative estimate of drug-likeness (QED) is 0.845. The fourth-order valence-corrected chi connectivity index (χ4v) is 2.43. The molecule has 0 atom stereocenters. The maximum Gasteiger partial charge on any atom is 0.229 e. The van der Waals surface area contributed by atoms with Crippen LogP contribution in [0.5, 0.6) is 0 Å². The number of fused-ring (bicyclic) bond motifs is 1. The van der Waals surface area contributed by atoms with Gasteiger partial charge < -0.3 is 4.74 Å². The molecule has 0 bridgehead atoms. The van der Waals surface area contributed by atoms with Gasteiger partial charge in [-0.3, -0.25) is 14.7 Å². The SMILES string of the molecule is CC(C)(C)OCCC(=O)Nc1nc2ccc(Cl)nc2n1C(C)(C)C. The third kappa shape index (κ3) is 4.68. The van der Waals surface area contributed by atoms with Gasteiger partial charge in [0.25, 0.3) is 0 Å². The molecule has 0 spiro atoms. The lowest BCUT2D eigenvalue weighted by Gasteiger charge is -2.24. The van der Waals surface area contributed by atoms with Crippen molar-refractivity contribution in [3.63, 3.8) is 0 Å². The summed E-state index contributed by atoms with van der Waals surface area (Å²) in [4.78, 5) is 21.1. The number of carbonyl (C=O) groups excluding carboxylic acids is 1. The molecule has 0 radical (unpaired) electrons. The highest BCUT2D eigenvalue weighted by Crippen LogP contribution is 2.28. The largest absolute Gasteiger partial charge is 0.375 e. The molecule has 7 heteroatoms. The number of rotatable bonds is 4. The maximum absolute atomic E-state index is 12.2. The van der Waals surface area contributed by atoms with Crippen LogP contribution in [-0.4, -0.2) is 32.7 Å². The Labute approximate surface area is 147 Å². The summed E-state index contributed by atoms with van der Waals surface area (Å²) in [5, 5.41) is 3.25. The van der Waals surface area contributed by atoms with Crippen LogP contribution in [0.1, 0.15) is 48.0 Å². The summed E-state index contributed by atoms with van der Waals surface area (Å²) < 4.78 is 7.48. The zero-order valence-corrected chi connectivity index (χ0v) is 15.9. The van der Waals surface area contributed by atoms with Gasteiger partial charge in [-0.15, -0.1) is 0 Å². The van der Waals surface area contributed by atoms with E-state index < -0.39 is 0 Å². The van der Waals surface area contributed by atoms with E-state index >= 15 is 0 Å². The minimum atomic E-state index is -0.309. The van der Waals surface area contributed by atoms with Gasteiger partial charge in [-0.1, -0.05) is 11.6 Å². The average Bonchev–Trinajstić information content (AvgIpc) is 2.73. The van der Waals surface area contributed by atoms with Gasteiger partial charge in [0.2, 0.25) is 11.9 Å². The van der Waals surface area contributed by atoms with Gasteiger partial charge in [-0.2, -0.15) is 0 Å². The highest BCUT2D eigenvalue weighted by atomic mass is 35.5. The number of nitrogens with zero attached hydrogens (tertiary/aromatic N) is 3. The first-order valence-corrected chi connectivity index (χ1v) is 8.34. The Morgan fingerprint density at radius 1 is 1.21 bits per heavy atom. The number of nitrogens with one attached hydrogen (secondary N) is 1. The number of aromatic nitrogens is 3. The van der Waals surface area contributed by atoms with Gasteiger partial charge in [0.15, 0.2) is 5.65 Å². The van der Waals surface area contributed by atoms with E-state index in [2.05, 4.69) is 15.3 Å². The van der Waals surface area contributed by atoms with Gasteiger partial charge in [-0.25, -0.2) is 9.97 Å². The van der Waals surface area contributed by atoms with Crippen LogP contribution in [0.15, 0.2) is 12.1 Å². The van der Waals surface area contributed by atoms with E-state index in [4.69, 9.17) is 16.3 Å². The molecule has 0 aliphatic rings. The second-order valence-corrected chi connectivity index (χ2v) is 8.06. The van der Waals surface area contributed by atoms with Crippen LogP contribution in [0.4, 0.5) is 5.95 Å². The van der Waals surface area contributed by atoms with Gasteiger partial charge >= 0.3 is 0 Å². The van der Waals surface area contributed by atoms with Crippen molar-refractivity contribution in [1.29, 1.82) is 0 Å². The van der Waals surface area contributed by atoms with Crippen LogP contribution in [0.3, 0.4) is 0 Å². The van der Waals surface area contributed by atoms with Gasteiger partial charge in [0.05, 0.1) is 18.6 Å². The van der Waals surface area contributed by atoms with Gasteiger partial charge in [0, 0.05) is 5.54 Å². The number of hydrogen-bond acceptors (Lipinski definition) is 4. The van der Waals surface area contributed by atoms with Crippen LogP contribution < -0.4 is 5.32 Å². The molecule has 132 valence electrons. The van der Waals surface area contributed by atoms with E-state index in [0.717, 1.165) is 0 Å². The minimum absolute atomic E-state index is 0.147. The highest BCUT2D eigenvalue weighted by molar-refractivity contribution is 6.29. The lowest BCUT2D eigenvalue weighted by molar-refractivity contribution is -0.118. The summed E-state index contributed by atoms with van der Waals surface area (Å²) in [5.41, 5.74) is 0.767. The number of amides is 1. The zero-order chi connectivity index (χ0) is 18.1. The molecule has 0 saturated carbocycles. The third-order valence-electron chi connectivity index (χ3n) is 3.26.